The van der Waals surface area contributed by atoms with E-state index in [4.69, 9.17) is 27.9 Å². The van der Waals surface area contributed by atoms with Crippen LogP contribution in [-0.4, -0.2) is 39.3 Å². The number of aromatic nitrogens is 3. The SMILES string of the molecule is COC(=O)c1cnc(OCc2ccc(C(C)C(O)(c3ccnc(Cl)c3)C(F)(F)F)c(Cl)c2)cn1. The van der Waals surface area contributed by atoms with E-state index in [1.807, 2.05) is 0 Å². The molecule has 3 aromatic rings. The Morgan fingerprint density at radius 3 is 2.41 bits per heavy atom. The van der Waals surface area contributed by atoms with Gasteiger partial charge < -0.3 is 14.6 Å². The maximum atomic E-state index is 14.1. The summed E-state index contributed by atoms with van der Waals surface area (Å²) in [6, 6.07) is 6.36. The molecule has 12 heteroatoms. The number of benzene rings is 1. The molecule has 0 spiro atoms. The van der Waals surface area contributed by atoms with Gasteiger partial charge in [-0.05, 0) is 34.9 Å². The predicted octanol–water partition coefficient (Wildman–Crippen LogP) is 5.10. The molecule has 0 bridgehead atoms. The van der Waals surface area contributed by atoms with E-state index in [0.717, 1.165) is 18.3 Å². The Labute approximate surface area is 202 Å². The molecule has 0 aliphatic heterocycles. The standard InChI is InChI=1S/C22H18Cl2F3N3O4/c1-12(21(32,22(25,26)27)14-5-6-28-18(24)8-14)15-4-3-13(7-16(15)23)11-34-19-10-29-17(9-30-19)20(31)33-2/h3-10,12,32H,11H2,1-2H3. The Balaban J connectivity index is 1.82. The molecule has 0 saturated carbocycles. The molecule has 0 aliphatic carbocycles. The van der Waals surface area contributed by atoms with Gasteiger partial charge in [0.15, 0.2) is 11.3 Å². The summed E-state index contributed by atoms with van der Waals surface area (Å²) in [5.41, 5.74) is -3.12. The number of alkyl halides is 3. The highest BCUT2D eigenvalue weighted by molar-refractivity contribution is 6.31. The van der Waals surface area contributed by atoms with Crippen LogP contribution in [0, 0.1) is 0 Å². The van der Waals surface area contributed by atoms with Crippen molar-refractivity contribution in [3.8, 4) is 5.88 Å². The predicted molar refractivity (Wildman–Crippen MR) is 117 cm³/mol. The van der Waals surface area contributed by atoms with Crippen molar-refractivity contribution >= 4 is 29.2 Å². The molecular weight excluding hydrogens is 498 g/mol. The topological polar surface area (TPSA) is 94.4 Å². The number of rotatable bonds is 7. The maximum Gasteiger partial charge on any atom is 0.422 e. The minimum absolute atomic E-state index is 0.00329. The van der Waals surface area contributed by atoms with Crippen LogP contribution in [0.5, 0.6) is 5.88 Å². The van der Waals surface area contributed by atoms with Crippen LogP contribution in [0.25, 0.3) is 0 Å². The fourth-order valence-corrected chi connectivity index (χ4v) is 3.83. The third kappa shape index (κ3) is 5.24. The average molecular weight is 516 g/mol. The fourth-order valence-electron chi connectivity index (χ4n) is 3.29. The molecule has 3 rings (SSSR count). The monoisotopic (exact) mass is 515 g/mol. The van der Waals surface area contributed by atoms with Crippen molar-refractivity contribution in [2.24, 2.45) is 0 Å². The van der Waals surface area contributed by atoms with Crippen LogP contribution in [0.15, 0.2) is 48.9 Å². The molecule has 34 heavy (non-hydrogen) atoms. The van der Waals surface area contributed by atoms with Gasteiger partial charge in [0, 0.05) is 17.1 Å². The van der Waals surface area contributed by atoms with Gasteiger partial charge >= 0.3 is 12.1 Å². The molecule has 2 unspecified atom stereocenters. The van der Waals surface area contributed by atoms with Crippen LogP contribution in [-0.2, 0) is 16.9 Å². The van der Waals surface area contributed by atoms with Gasteiger partial charge in [-0.15, -0.1) is 0 Å². The molecule has 0 aliphatic rings. The molecule has 2 atom stereocenters. The number of carbonyl (C=O) groups excluding carboxylic acids is 1. The molecule has 1 N–H and O–H groups in total. The number of aliphatic hydroxyl groups is 1. The van der Waals surface area contributed by atoms with E-state index in [1.165, 1.54) is 44.6 Å². The third-order valence-electron chi connectivity index (χ3n) is 5.17. The molecule has 1 aromatic carbocycles. The third-order valence-corrected chi connectivity index (χ3v) is 5.70. The van der Waals surface area contributed by atoms with Crippen LogP contribution in [0.2, 0.25) is 10.2 Å². The first-order valence-electron chi connectivity index (χ1n) is 9.70. The lowest BCUT2D eigenvalue weighted by molar-refractivity contribution is -0.274. The zero-order valence-electron chi connectivity index (χ0n) is 17.8. The summed E-state index contributed by atoms with van der Waals surface area (Å²) in [7, 11) is 1.21. The first-order valence-corrected chi connectivity index (χ1v) is 10.5. The smallest absolute Gasteiger partial charge is 0.422 e. The van der Waals surface area contributed by atoms with Gasteiger partial charge in [0.1, 0.15) is 11.8 Å². The van der Waals surface area contributed by atoms with E-state index < -0.39 is 29.2 Å². The molecule has 2 heterocycles. The molecule has 0 saturated heterocycles. The number of pyridine rings is 1. The molecule has 2 aromatic heterocycles. The highest BCUT2D eigenvalue weighted by atomic mass is 35.5. The lowest BCUT2D eigenvalue weighted by atomic mass is 9.78. The largest absolute Gasteiger partial charge is 0.472 e. The summed E-state index contributed by atoms with van der Waals surface area (Å²) in [5.74, 6) is -2.02. The van der Waals surface area contributed by atoms with Crippen LogP contribution < -0.4 is 4.74 Å². The van der Waals surface area contributed by atoms with Crippen LogP contribution in [0.1, 0.15) is 40.0 Å². The lowest BCUT2D eigenvalue weighted by Gasteiger charge is -2.37. The molecule has 0 amide bonds. The van der Waals surface area contributed by atoms with E-state index in [1.54, 1.807) is 0 Å². The zero-order valence-corrected chi connectivity index (χ0v) is 19.3. The van der Waals surface area contributed by atoms with Gasteiger partial charge in [0.05, 0.1) is 19.5 Å². The van der Waals surface area contributed by atoms with Crippen molar-refractivity contribution in [3.05, 3.63) is 81.5 Å². The van der Waals surface area contributed by atoms with Gasteiger partial charge in [-0.2, -0.15) is 13.2 Å². The molecule has 180 valence electrons. The van der Waals surface area contributed by atoms with Crippen molar-refractivity contribution in [2.45, 2.75) is 31.2 Å². The summed E-state index contributed by atoms with van der Waals surface area (Å²) in [4.78, 5) is 22.9. The number of ether oxygens (including phenoxy) is 2. The zero-order chi connectivity index (χ0) is 25.1. The number of halogens is 5. The summed E-state index contributed by atoms with van der Waals surface area (Å²) in [6.07, 6.45) is -1.53. The second kappa shape index (κ2) is 10.1. The second-order valence-corrected chi connectivity index (χ2v) is 8.02. The van der Waals surface area contributed by atoms with Crippen LogP contribution in [0.3, 0.4) is 0 Å². The first kappa shape index (κ1) is 25.7. The van der Waals surface area contributed by atoms with Crippen LogP contribution in [0.4, 0.5) is 13.2 Å². The van der Waals surface area contributed by atoms with E-state index >= 15 is 0 Å². The van der Waals surface area contributed by atoms with Crippen molar-refractivity contribution in [1.82, 2.24) is 15.0 Å². The number of hydrogen-bond acceptors (Lipinski definition) is 7. The van der Waals surface area contributed by atoms with Gasteiger partial charge in [0.2, 0.25) is 5.88 Å². The molecule has 7 nitrogen and oxygen atoms in total. The summed E-state index contributed by atoms with van der Waals surface area (Å²) >= 11 is 12.1. The van der Waals surface area contributed by atoms with Gasteiger partial charge in [0.25, 0.3) is 0 Å². The van der Waals surface area contributed by atoms with Gasteiger partial charge in [-0.25, -0.2) is 19.7 Å². The van der Waals surface area contributed by atoms with Gasteiger partial charge in [-0.3, -0.25) is 0 Å². The normalized spacial score (nSPS) is 14.2. The number of methoxy groups -OCH3 is 1. The minimum Gasteiger partial charge on any atom is -0.472 e. The van der Waals surface area contributed by atoms with E-state index in [-0.39, 0.29) is 33.9 Å². The van der Waals surface area contributed by atoms with Crippen molar-refractivity contribution in [3.63, 3.8) is 0 Å². The Morgan fingerprint density at radius 2 is 1.85 bits per heavy atom. The maximum absolute atomic E-state index is 14.1. The summed E-state index contributed by atoms with van der Waals surface area (Å²) in [6.45, 7) is 1.20. The van der Waals surface area contributed by atoms with Crippen molar-refractivity contribution in [2.75, 3.05) is 7.11 Å². The Hall–Kier alpha value is -2.95. The Morgan fingerprint density at radius 1 is 1.12 bits per heavy atom. The lowest BCUT2D eigenvalue weighted by Crippen LogP contribution is -2.46. The van der Waals surface area contributed by atoms with E-state index in [9.17, 15) is 23.1 Å². The first-order chi connectivity index (χ1) is 16.0. The average Bonchev–Trinajstić information content (AvgIpc) is 2.81. The fraction of sp³-hybridized carbons (Fsp3) is 0.273. The van der Waals surface area contributed by atoms with E-state index in [0.29, 0.717) is 5.56 Å². The molecule has 0 fully saturated rings. The van der Waals surface area contributed by atoms with E-state index in [2.05, 4.69) is 19.7 Å². The summed E-state index contributed by atoms with van der Waals surface area (Å²) < 4.78 is 52.2. The van der Waals surface area contributed by atoms with Crippen molar-refractivity contribution in [1.29, 1.82) is 0 Å². The number of esters is 1. The number of hydrogen-bond donors (Lipinski definition) is 1. The molecular formula is C22H18Cl2F3N3O4. The van der Waals surface area contributed by atoms with Crippen molar-refractivity contribution < 1.29 is 32.5 Å². The Bertz CT molecular complexity index is 1180. The second-order valence-electron chi connectivity index (χ2n) is 7.23. The van der Waals surface area contributed by atoms with Crippen LogP contribution >= 0.6 is 23.2 Å². The minimum atomic E-state index is -5.03. The molecule has 0 radical (unpaired) electrons. The Kier molecular flexibility index (Phi) is 7.64. The van der Waals surface area contributed by atoms with Gasteiger partial charge in [-0.1, -0.05) is 42.3 Å². The number of nitrogens with zero attached hydrogens (tertiary/aromatic N) is 3. The summed E-state index contributed by atoms with van der Waals surface area (Å²) in [5, 5.41) is 10.7. The highest BCUT2D eigenvalue weighted by Gasteiger charge is 2.59. The number of carbonyl (C=O) groups is 1. The highest BCUT2D eigenvalue weighted by Crippen LogP contribution is 2.50. The quantitative estimate of drug-likeness (QED) is 0.345.